The molecule has 124 valence electrons. The molecule has 9 nitrogen and oxygen atoms in total. The summed E-state index contributed by atoms with van der Waals surface area (Å²) in [6.07, 6.45) is 0. The van der Waals surface area contributed by atoms with Crippen LogP contribution in [0.4, 0.5) is 31.5 Å². The zero-order valence-corrected chi connectivity index (χ0v) is 11.8. The highest BCUT2D eigenvalue weighted by Gasteiger charge is 2.23. The van der Waals surface area contributed by atoms with Crippen LogP contribution in [0.25, 0.3) is 0 Å². The van der Waals surface area contributed by atoms with E-state index in [-0.39, 0.29) is 11.4 Å². The van der Waals surface area contributed by atoms with Crippen LogP contribution >= 0.6 is 0 Å². The van der Waals surface area contributed by atoms with Crippen molar-refractivity contribution in [1.82, 2.24) is 0 Å². The first-order valence-corrected chi connectivity index (χ1v) is 6.24. The fourth-order valence-electron chi connectivity index (χ4n) is 1.99. The number of anilines is 2. The summed E-state index contributed by atoms with van der Waals surface area (Å²) >= 11 is 0. The maximum Gasteiger partial charge on any atom is 0.306 e. The van der Waals surface area contributed by atoms with E-state index in [1.165, 1.54) is 0 Å². The van der Waals surface area contributed by atoms with Gasteiger partial charge >= 0.3 is 11.4 Å². The minimum Gasteiger partial charge on any atom is -0.369 e. The minimum atomic E-state index is -1.10. The number of rotatable bonds is 4. The monoisotopic (exact) mass is 337 g/mol. The highest BCUT2D eigenvalue weighted by Crippen LogP contribution is 2.32. The van der Waals surface area contributed by atoms with Crippen molar-refractivity contribution in [3.8, 4) is 0 Å². The van der Waals surface area contributed by atoms with Gasteiger partial charge in [-0.05, 0) is 24.3 Å². The largest absolute Gasteiger partial charge is 0.369 e. The molecule has 0 radical (unpaired) electrons. The predicted molar refractivity (Wildman–Crippen MR) is 80.2 cm³/mol. The van der Waals surface area contributed by atoms with Crippen molar-refractivity contribution in [3.63, 3.8) is 0 Å². The van der Waals surface area contributed by atoms with E-state index < -0.39 is 38.8 Å². The summed E-state index contributed by atoms with van der Waals surface area (Å²) in [4.78, 5) is 20.6. The molecular formula is C13H9F2N5O4. The molecule has 2 aromatic carbocycles. The Morgan fingerprint density at radius 1 is 0.958 bits per heavy atom. The van der Waals surface area contributed by atoms with E-state index in [0.29, 0.717) is 0 Å². The van der Waals surface area contributed by atoms with E-state index in [2.05, 4.69) is 0 Å². The van der Waals surface area contributed by atoms with Gasteiger partial charge in [0.1, 0.15) is 0 Å². The maximum atomic E-state index is 13.4. The molecule has 11 heteroatoms. The van der Waals surface area contributed by atoms with Crippen LogP contribution in [0.1, 0.15) is 0 Å². The second-order valence-electron chi connectivity index (χ2n) is 4.51. The van der Waals surface area contributed by atoms with E-state index in [1.54, 1.807) is 0 Å². The molecule has 0 aliphatic carbocycles. The number of nitrogens with one attached hydrogen (secondary N) is 1. The standard InChI is InChI=1S/C13H9F2N5O4/c14-9-3-1-7(5-11(9)19(21)22)18(13(16)17)8-2-4-10(15)12(6-8)20(23)24/h1-6H,(H3,16,17). The van der Waals surface area contributed by atoms with Crippen LogP contribution in [0.3, 0.4) is 0 Å². The molecule has 2 rings (SSSR count). The Balaban J connectivity index is 2.62. The second-order valence-corrected chi connectivity index (χ2v) is 4.51. The van der Waals surface area contributed by atoms with Crippen molar-refractivity contribution < 1.29 is 18.6 Å². The maximum absolute atomic E-state index is 13.4. The molecule has 0 heterocycles. The number of benzene rings is 2. The van der Waals surface area contributed by atoms with Gasteiger partial charge in [-0.3, -0.25) is 30.5 Å². The number of halogens is 2. The van der Waals surface area contributed by atoms with Gasteiger partial charge in [0, 0.05) is 12.1 Å². The molecule has 0 saturated carbocycles. The van der Waals surface area contributed by atoms with Gasteiger partial charge in [-0.25, -0.2) is 0 Å². The van der Waals surface area contributed by atoms with Crippen molar-refractivity contribution in [2.24, 2.45) is 5.73 Å². The summed E-state index contributed by atoms with van der Waals surface area (Å²) in [5, 5.41) is 29.2. The van der Waals surface area contributed by atoms with Crippen molar-refractivity contribution >= 4 is 28.7 Å². The molecule has 0 aliphatic heterocycles. The third-order valence-corrected chi connectivity index (χ3v) is 3.01. The topological polar surface area (TPSA) is 139 Å². The highest BCUT2D eigenvalue weighted by atomic mass is 19.1. The Bertz CT molecular complexity index is 795. The van der Waals surface area contributed by atoms with Crippen LogP contribution in [0.5, 0.6) is 0 Å². The normalized spacial score (nSPS) is 10.2. The summed E-state index contributed by atoms with van der Waals surface area (Å²) in [5.41, 5.74) is 3.51. The fourth-order valence-corrected chi connectivity index (χ4v) is 1.99. The third kappa shape index (κ3) is 3.09. The van der Waals surface area contributed by atoms with Crippen LogP contribution in [0, 0.1) is 37.3 Å². The van der Waals surface area contributed by atoms with Crippen molar-refractivity contribution in [1.29, 1.82) is 5.41 Å². The summed E-state index contributed by atoms with van der Waals surface area (Å²) in [7, 11) is 0. The van der Waals surface area contributed by atoms with Crippen molar-refractivity contribution in [3.05, 3.63) is 68.3 Å². The van der Waals surface area contributed by atoms with Gasteiger partial charge in [0.15, 0.2) is 5.96 Å². The second kappa shape index (κ2) is 6.24. The quantitative estimate of drug-likeness (QED) is 0.380. The average Bonchev–Trinajstić information content (AvgIpc) is 2.49. The van der Waals surface area contributed by atoms with Crippen LogP contribution in [0.15, 0.2) is 36.4 Å². The summed E-state index contributed by atoms with van der Waals surface area (Å²) in [5.74, 6) is -2.86. The highest BCUT2D eigenvalue weighted by molar-refractivity contribution is 6.00. The van der Waals surface area contributed by atoms with Crippen LogP contribution in [0.2, 0.25) is 0 Å². The SMILES string of the molecule is N=C(N)N(c1ccc(F)c([N+](=O)[O-])c1)c1ccc(F)c([N+](=O)[O-])c1. The first kappa shape index (κ1) is 16.7. The lowest BCUT2D eigenvalue weighted by atomic mass is 10.2. The van der Waals surface area contributed by atoms with Gasteiger partial charge in [-0.2, -0.15) is 8.78 Å². The van der Waals surface area contributed by atoms with Crippen LogP contribution in [-0.2, 0) is 0 Å². The average molecular weight is 337 g/mol. The van der Waals surface area contributed by atoms with E-state index >= 15 is 0 Å². The van der Waals surface area contributed by atoms with Gasteiger partial charge in [-0.1, -0.05) is 0 Å². The molecule has 0 aromatic heterocycles. The Labute approximate surface area is 132 Å². The minimum absolute atomic E-state index is 0.0866. The third-order valence-electron chi connectivity index (χ3n) is 3.01. The number of nitro benzene ring substituents is 2. The van der Waals surface area contributed by atoms with Gasteiger partial charge in [0.05, 0.1) is 21.2 Å². The van der Waals surface area contributed by atoms with Gasteiger partial charge in [-0.15, -0.1) is 0 Å². The first-order valence-electron chi connectivity index (χ1n) is 6.24. The molecule has 24 heavy (non-hydrogen) atoms. The Morgan fingerprint density at radius 2 is 1.33 bits per heavy atom. The Kier molecular flexibility index (Phi) is 4.35. The van der Waals surface area contributed by atoms with Gasteiger partial charge < -0.3 is 5.73 Å². The smallest absolute Gasteiger partial charge is 0.306 e. The summed E-state index contributed by atoms with van der Waals surface area (Å²) < 4.78 is 26.9. The predicted octanol–water partition coefficient (Wildman–Crippen LogP) is 2.81. The van der Waals surface area contributed by atoms with E-state index in [9.17, 15) is 29.0 Å². The van der Waals surface area contributed by atoms with Crippen molar-refractivity contribution in [2.45, 2.75) is 0 Å². The van der Waals surface area contributed by atoms with Gasteiger partial charge in [0.25, 0.3) is 0 Å². The summed E-state index contributed by atoms with van der Waals surface area (Å²) in [6, 6.07) is 5.40. The molecule has 0 amide bonds. The molecule has 0 bridgehead atoms. The van der Waals surface area contributed by atoms with Crippen molar-refractivity contribution in [2.75, 3.05) is 4.90 Å². The fraction of sp³-hybridized carbons (Fsp3) is 0. The molecule has 0 saturated heterocycles. The lowest BCUT2D eigenvalue weighted by Gasteiger charge is -2.22. The number of nitrogens with zero attached hydrogens (tertiary/aromatic N) is 3. The lowest BCUT2D eigenvalue weighted by molar-refractivity contribution is -0.387. The molecule has 3 N–H and O–H groups in total. The molecule has 0 unspecified atom stereocenters. The zero-order chi connectivity index (χ0) is 18.0. The Morgan fingerprint density at radius 3 is 1.62 bits per heavy atom. The molecule has 2 aromatic rings. The van der Waals surface area contributed by atoms with E-state index in [1.807, 2.05) is 0 Å². The molecule has 0 fully saturated rings. The van der Waals surface area contributed by atoms with E-state index in [0.717, 1.165) is 41.3 Å². The van der Waals surface area contributed by atoms with Crippen LogP contribution < -0.4 is 10.6 Å². The number of nitro groups is 2. The lowest BCUT2D eigenvalue weighted by Crippen LogP contribution is -2.32. The molecular weight excluding hydrogens is 328 g/mol. The van der Waals surface area contributed by atoms with E-state index in [4.69, 9.17) is 11.1 Å². The Hall–Kier alpha value is -3.63. The number of guanidine groups is 1. The first-order chi connectivity index (χ1) is 11.2. The number of nitrogens with two attached hydrogens (primary N) is 1. The zero-order valence-electron chi connectivity index (χ0n) is 11.8. The molecule has 0 spiro atoms. The molecule has 0 atom stereocenters. The number of hydrogen-bond donors (Lipinski definition) is 2. The van der Waals surface area contributed by atoms with Crippen LogP contribution in [-0.4, -0.2) is 15.8 Å². The summed E-state index contributed by atoms with van der Waals surface area (Å²) in [6.45, 7) is 0. The van der Waals surface area contributed by atoms with Gasteiger partial charge in [0.2, 0.25) is 11.6 Å². The number of hydrogen-bond acceptors (Lipinski definition) is 5. The molecule has 0 aliphatic rings.